The lowest BCUT2D eigenvalue weighted by Crippen LogP contribution is -2.00. The van der Waals surface area contributed by atoms with Crippen molar-refractivity contribution in [1.82, 2.24) is 9.97 Å². The van der Waals surface area contributed by atoms with Crippen molar-refractivity contribution in [3.05, 3.63) is 124 Å². The van der Waals surface area contributed by atoms with Crippen molar-refractivity contribution >= 4 is 23.8 Å². The Balaban J connectivity index is 0.000000177. The third kappa shape index (κ3) is 7.03. The van der Waals surface area contributed by atoms with E-state index in [-0.39, 0.29) is 0 Å². The topological polar surface area (TPSA) is 28.7 Å². The van der Waals surface area contributed by atoms with E-state index in [1.165, 1.54) is 16.7 Å². The second-order valence-electron chi connectivity index (χ2n) is 7.14. The molecule has 0 amide bonds. The SMILES string of the molecule is Brc1ccc(Cc2ncc[nH]2)cc1.[B]CCCC(c1ccccc1)c1ccccc1. The molecule has 0 bridgehead atoms. The molecule has 4 aromatic rings. The zero-order valence-electron chi connectivity index (χ0n) is 17.0. The Bertz CT molecular complexity index is 916. The molecule has 1 aromatic heterocycles. The summed E-state index contributed by atoms with van der Waals surface area (Å²) in [5.41, 5.74) is 4.03. The molecule has 150 valence electrons. The first-order valence-electron chi connectivity index (χ1n) is 10.3. The number of aromatic nitrogens is 2. The van der Waals surface area contributed by atoms with Gasteiger partial charge in [-0.1, -0.05) is 101 Å². The quantitative estimate of drug-likeness (QED) is 0.299. The summed E-state index contributed by atoms with van der Waals surface area (Å²) in [6.45, 7) is 0. The van der Waals surface area contributed by atoms with Crippen molar-refractivity contribution in [3.8, 4) is 0 Å². The number of nitrogens with one attached hydrogen (secondary N) is 1. The van der Waals surface area contributed by atoms with Crippen LogP contribution in [-0.4, -0.2) is 17.8 Å². The number of aromatic amines is 1. The fraction of sp³-hybridized carbons (Fsp3) is 0.192. The zero-order valence-corrected chi connectivity index (χ0v) is 18.6. The van der Waals surface area contributed by atoms with Crippen molar-refractivity contribution in [3.63, 3.8) is 0 Å². The minimum atomic E-state index is 0.473. The summed E-state index contributed by atoms with van der Waals surface area (Å²) in [5, 5.41) is 0. The number of nitrogens with zero attached hydrogens (tertiary/aromatic N) is 1. The summed E-state index contributed by atoms with van der Waals surface area (Å²) in [6, 6.07) is 29.6. The number of hydrogen-bond acceptors (Lipinski definition) is 1. The van der Waals surface area contributed by atoms with Crippen LogP contribution in [0.25, 0.3) is 0 Å². The average molecular weight is 457 g/mol. The van der Waals surface area contributed by atoms with Crippen LogP contribution < -0.4 is 0 Å². The molecule has 3 aromatic carbocycles. The van der Waals surface area contributed by atoms with Crippen LogP contribution in [0, 0.1) is 0 Å². The van der Waals surface area contributed by atoms with E-state index in [9.17, 15) is 0 Å². The van der Waals surface area contributed by atoms with E-state index in [0.29, 0.717) is 5.92 Å². The largest absolute Gasteiger partial charge is 0.348 e. The molecule has 0 aliphatic rings. The maximum absolute atomic E-state index is 5.63. The molecule has 0 aliphatic carbocycles. The van der Waals surface area contributed by atoms with Crippen molar-refractivity contribution < 1.29 is 0 Å². The molecule has 0 saturated heterocycles. The molecule has 0 aliphatic heterocycles. The Morgan fingerprint density at radius 2 is 1.43 bits per heavy atom. The zero-order chi connectivity index (χ0) is 21.0. The molecular weight excluding hydrogens is 431 g/mol. The number of benzene rings is 3. The van der Waals surface area contributed by atoms with Gasteiger partial charge in [0.15, 0.2) is 0 Å². The summed E-state index contributed by atoms with van der Waals surface area (Å²) in [4.78, 5) is 7.24. The Hall–Kier alpha value is -2.59. The van der Waals surface area contributed by atoms with Crippen LogP contribution >= 0.6 is 15.9 Å². The highest BCUT2D eigenvalue weighted by molar-refractivity contribution is 9.10. The van der Waals surface area contributed by atoms with Gasteiger partial charge in [-0.3, -0.25) is 0 Å². The van der Waals surface area contributed by atoms with Gasteiger partial charge in [0, 0.05) is 29.2 Å². The van der Waals surface area contributed by atoms with E-state index in [2.05, 4.69) is 98.7 Å². The first kappa shape index (κ1) is 22.1. The Morgan fingerprint density at radius 1 is 0.833 bits per heavy atom. The number of halogens is 1. The minimum absolute atomic E-state index is 0.473. The normalized spacial score (nSPS) is 10.5. The molecule has 0 spiro atoms. The first-order chi connectivity index (χ1) is 14.8. The van der Waals surface area contributed by atoms with Crippen LogP contribution in [-0.2, 0) is 6.42 Å². The lowest BCUT2D eigenvalue weighted by molar-refractivity contribution is 0.698. The maximum Gasteiger partial charge on any atom is 0.110 e. The van der Waals surface area contributed by atoms with Gasteiger partial charge in [0.1, 0.15) is 5.82 Å². The number of hydrogen-bond donors (Lipinski definition) is 1. The maximum atomic E-state index is 5.63. The van der Waals surface area contributed by atoms with Crippen LogP contribution in [0.1, 0.15) is 41.3 Å². The van der Waals surface area contributed by atoms with Crippen LogP contribution in [0.5, 0.6) is 0 Å². The highest BCUT2D eigenvalue weighted by Crippen LogP contribution is 2.29. The predicted molar refractivity (Wildman–Crippen MR) is 130 cm³/mol. The number of rotatable bonds is 7. The molecule has 1 N–H and O–H groups in total. The smallest absolute Gasteiger partial charge is 0.110 e. The number of imidazole rings is 1. The van der Waals surface area contributed by atoms with Crippen LogP contribution in [0.2, 0.25) is 6.32 Å². The molecule has 1 heterocycles. The summed E-state index contributed by atoms with van der Waals surface area (Å²) in [6.07, 6.45) is 7.41. The lowest BCUT2D eigenvalue weighted by atomic mass is 9.85. The molecule has 0 fully saturated rings. The molecular formula is C26H26BBrN2. The number of H-pyrrole nitrogens is 1. The fourth-order valence-corrected chi connectivity index (χ4v) is 3.67. The Kier molecular flexibility index (Phi) is 8.98. The minimum Gasteiger partial charge on any atom is -0.348 e. The first-order valence-corrected chi connectivity index (χ1v) is 11.1. The van der Waals surface area contributed by atoms with Crippen LogP contribution in [0.15, 0.2) is 102 Å². The van der Waals surface area contributed by atoms with Gasteiger partial charge in [-0.15, -0.1) is 0 Å². The van der Waals surface area contributed by atoms with Crippen LogP contribution in [0.3, 0.4) is 0 Å². The summed E-state index contributed by atoms with van der Waals surface area (Å²) < 4.78 is 1.11. The molecule has 4 rings (SSSR count). The van der Waals surface area contributed by atoms with Gasteiger partial charge in [0.05, 0.1) is 7.85 Å². The summed E-state index contributed by atoms with van der Waals surface area (Å²) in [5.74, 6) is 1.48. The lowest BCUT2D eigenvalue weighted by Gasteiger charge is -2.17. The van der Waals surface area contributed by atoms with E-state index in [1.807, 2.05) is 18.3 Å². The highest BCUT2D eigenvalue weighted by atomic mass is 79.9. The van der Waals surface area contributed by atoms with Gasteiger partial charge in [-0.05, 0) is 35.2 Å². The second kappa shape index (κ2) is 12.2. The third-order valence-electron chi connectivity index (χ3n) is 4.94. The van der Waals surface area contributed by atoms with E-state index in [4.69, 9.17) is 7.85 Å². The van der Waals surface area contributed by atoms with Crippen molar-refractivity contribution in [2.24, 2.45) is 0 Å². The molecule has 2 nitrogen and oxygen atoms in total. The van der Waals surface area contributed by atoms with Crippen molar-refractivity contribution in [2.75, 3.05) is 0 Å². The molecule has 0 atom stereocenters. The summed E-state index contributed by atoms with van der Waals surface area (Å²) in [7, 11) is 5.63. The van der Waals surface area contributed by atoms with Crippen molar-refractivity contribution in [1.29, 1.82) is 0 Å². The fourth-order valence-electron chi connectivity index (χ4n) is 3.41. The van der Waals surface area contributed by atoms with E-state index >= 15 is 0 Å². The standard InChI is InChI=1S/C16H17B.C10H9BrN2/c17-13-7-12-16(14-8-3-1-4-9-14)15-10-5-2-6-11-15;11-9-3-1-8(2-4-9)7-10-12-5-6-13-10/h1-6,8-11,16H,7,12-13H2;1-6H,7H2,(H,12,13). The van der Waals surface area contributed by atoms with Gasteiger partial charge >= 0.3 is 0 Å². The van der Waals surface area contributed by atoms with Gasteiger partial charge in [-0.2, -0.15) is 0 Å². The van der Waals surface area contributed by atoms with E-state index in [1.54, 1.807) is 6.20 Å². The molecule has 30 heavy (non-hydrogen) atoms. The Morgan fingerprint density at radius 3 is 1.93 bits per heavy atom. The second-order valence-corrected chi connectivity index (χ2v) is 8.06. The molecule has 2 radical (unpaired) electrons. The van der Waals surface area contributed by atoms with Gasteiger partial charge < -0.3 is 4.98 Å². The van der Waals surface area contributed by atoms with Crippen LogP contribution in [0.4, 0.5) is 0 Å². The van der Waals surface area contributed by atoms with E-state index < -0.39 is 0 Å². The van der Waals surface area contributed by atoms with Gasteiger partial charge in [0.25, 0.3) is 0 Å². The van der Waals surface area contributed by atoms with Gasteiger partial charge in [-0.25, -0.2) is 4.98 Å². The molecule has 0 saturated carbocycles. The highest BCUT2D eigenvalue weighted by Gasteiger charge is 2.12. The Labute approximate surface area is 189 Å². The monoisotopic (exact) mass is 456 g/mol. The molecule has 0 unspecified atom stereocenters. The predicted octanol–water partition coefficient (Wildman–Crippen LogP) is 6.95. The average Bonchev–Trinajstić information content (AvgIpc) is 3.31. The van der Waals surface area contributed by atoms with Crippen molar-refractivity contribution in [2.45, 2.75) is 31.5 Å². The van der Waals surface area contributed by atoms with Gasteiger partial charge in [0.2, 0.25) is 0 Å². The van der Waals surface area contributed by atoms with E-state index in [0.717, 1.165) is 35.9 Å². The molecule has 4 heteroatoms. The third-order valence-corrected chi connectivity index (χ3v) is 5.47. The summed E-state index contributed by atoms with van der Waals surface area (Å²) >= 11 is 3.40.